The van der Waals surface area contributed by atoms with E-state index in [0.717, 1.165) is 5.56 Å². The molecule has 108 valence electrons. The van der Waals surface area contributed by atoms with Crippen molar-refractivity contribution in [3.8, 4) is 0 Å². The molecule has 1 aromatic heterocycles. The monoisotopic (exact) mass is 311 g/mol. The second-order valence-electron chi connectivity index (χ2n) is 4.67. The van der Waals surface area contributed by atoms with Crippen LogP contribution in [-0.2, 0) is 20.3 Å². The average Bonchev–Trinajstić information content (AvgIpc) is 2.94. The highest BCUT2D eigenvalue weighted by molar-refractivity contribution is 7.91. The molecule has 1 atom stereocenters. The van der Waals surface area contributed by atoms with Gasteiger partial charge in [0.25, 0.3) is 10.0 Å². The largest absolute Gasteiger partial charge is 0.382 e. The van der Waals surface area contributed by atoms with Crippen LogP contribution in [0.4, 0.5) is 0 Å². The van der Waals surface area contributed by atoms with Gasteiger partial charge >= 0.3 is 0 Å². The van der Waals surface area contributed by atoms with Crippen LogP contribution >= 0.6 is 11.3 Å². The van der Waals surface area contributed by atoms with Gasteiger partial charge in [-0.15, -0.1) is 11.3 Å². The maximum Gasteiger partial charge on any atom is 0.250 e. The van der Waals surface area contributed by atoms with Gasteiger partial charge in [0.1, 0.15) is 4.21 Å². The quantitative estimate of drug-likeness (QED) is 0.892. The lowest BCUT2D eigenvalue weighted by Crippen LogP contribution is -2.46. The topological polar surface area (TPSA) is 55.4 Å². The van der Waals surface area contributed by atoms with E-state index >= 15 is 0 Å². The molecule has 2 rings (SSSR count). The highest BCUT2D eigenvalue weighted by Gasteiger charge is 2.32. The van der Waals surface area contributed by atoms with Crippen molar-refractivity contribution in [3.05, 3.63) is 53.4 Å². The SMILES string of the molecule is COC[C@](C)(NS(=O)(=O)c1cccs1)c1ccccc1. The van der Waals surface area contributed by atoms with Crippen LogP contribution in [0, 0.1) is 0 Å². The van der Waals surface area contributed by atoms with Gasteiger partial charge in [-0.25, -0.2) is 8.42 Å². The summed E-state index contributed by atoms with van der Waals surface area (Å²) in [7, 11) is -2.00. The first kappa shape index (κ1) is 15.2. The number of hydrogen-bond acceptors (Lipinski definition) is 4. The molecule has 0 aliphatic rings. The number of sulfonamides is 1. The van der Waals surface area contributed by atoms with E-state index < -0.39 is 15.6 Å². The first-order valence-electron chi connectivity index (χ1n) is 6.10. The van der Waals surface area contributed by atoms with Crippen molar-refractivity contribution >= 4 is 21.4 Å². The summed E-state index contributed by atoms with van der Waals surface area (Å²) in [5.41, 5.74) is 0.0562. The van der Waals surface area contributed by atoms with E-state index in [-0.39, 0.29) is 6.61 Å². The minimum Gasteiger partial charge on any atom is -0.382 e. The smallest absolute Gasteiger partial charge is 0.250 e. The van der Waals surface area contributed by atoms with Gasteiger partial charge in [-0.2, -0.15) is 4.72 Å². The molecule has 20 heavy (non-hydrogen) atoms. The average molecular weight is 311 g/mol. The first-order chi connectivity index (χ1) is 9.48. The minimum absolute atomic E-state index is 0.252. The third kappa shape index (κ3) is 3.27. The zero-order valence-electron chi connectivity index (χ0n) is 11.4. The zero-order valence-corrected chi connectivity index (χ0v) is 13.0. The molecule has 1 aromatic carbocycles. The highest BCUT2D eigenvalue weighted by Crippen LogP contribution is 2.25. The Hall–Kier alpha value is -1.21. The Labute approximate surface area is 123 Å². The van der Waals surface area contributed by atoms with E-state index in [4.69, 9.17) is 4.74 Å². The molecular formula is C14H17NO3S2. The lowest BCUT2D eigenvalue weighted by molar-refractivity contribution is 0.132. The van der Waals surface area contributed by atoms with Crippen LogP contribution in [-0.4, -0.2) is 22.1 Å². The lowest BCUT2D eigenvalue weighted by atomic mass is 9.94. The summed E-state index contributed by atoms with van der Waals surface area (Å²) in [6.45, 7) is 2.07. The Morgan fingerprint density at radius 3 is 2.45 bits per heavy atom. The number of ether oxygens (including phenoxy) is 1. The summed E-state index contributed by atoms with van der Waals surface area (Å²) in [6, 6.07) is 12.7. The van der Waals surface area contributed by atoms with E-state index in [1.54, 1.807) is 24.6 Å². The van der Waals surface area contributed by atoms with Crippen molar-refractivity contribution in [2.24, 2.45) is 0 Å². The number of hydrogen-bond donors (Lipinski definition) is 1. The number of rotatable bonds is 6. The van der Waals surface area contributed by atoms with Crippen LogP contribution in [0.25, 0.3) is 0 Å². The Kier molecular flexibility index (Phi) is 4.59. The number of thiophene rings is 1. The van der Waals surface area contributed by atoms with Gasteiger partial charge in [-0.3, -0.25) is 0 Å². The molecule has 4 nitrogen and oxygen atoms in total. The van der Waals surface area contributed by atoms with Gasteiger partial charge in [0.05, 0.1) is 12.1 Å². The van der Waals surface area contributed by atoms with Crippen molar-refractivity contribution in [1.82, 2.24) is 4.72 Å². The van der Waals surface area contributed by atoms with E-state index in [2.05, 4.69) is 4.72 Å². The molecule has 1 heterocycles. The summed E-state index contributed by atoms with van der Waals surface area (Å²) < 4.78 is 33.1. The molecular weight excluding hydrogens is 294 g/mol. The van der Waals surface area contributed by atoms with Crippen LogP contribution in [0.1, 0.15) is 12.5 Å². The molecule has 0 aliphatic heterocycles. The minimum atomic E-state index is -3.56. The molecule has 0 saturated carbocycles. The molecule has 6 heteroatoms. The molecule has 1 N–H and O–H groups in total. The molecule has 0 aliphatic carbocycles. The van der Waals surface area contributed by atoms with Crippen LogP contribution < -0.4 is 4.72 Å². The Bertz CT molecular complexity index is 638. The van der Waals surface area contributed by atoms with Gasteiger partial charge in [-0.1, -0.05) is 36.4 Å². The maximum absolute atomic E-state index is 12.4. The summed E-state index contributed by atoms with van der Waals surface area (Å²) in [5.74, 6) is 0. The summed E-state index contributed by atoms with van der Waals surface area (Å²) in [6.07, 6.45) is 0. The van der Waals surface area contributed by atoms with Crippen molar-refractivity contribution < 1.29 is 13.2 Å². The normalized spacial score (nSPS) is 14.9. The summed E-state index contributed by atoms with van der Waals surface area (Å²) >= 11 is 1.19. The predicted molar refractivity (Wildman–Crippen MR) is 80.3 cm³/mol. The summed E-state index contributed by atoms with van der Waals surface area (Å²) in [4.78, 5) is 0. The third-order valence-corrected chi connectivity index (χ3v) is 5.96. The van der Waals surface area contributed by atoms with Gasteiger partial charge in [0.2, 0.25) is 0 Å². The predicted octanol–water partition coefficient (Wildman–Crippen LogP) is 2.59. The Morgan fingerprint density at radius 1 is 1.20 bits per heavy atom. The Morgan fingerprint density at radius 2 is 1.90 bits per heavy atom. The molecule has 0 spiro atoms. The van der Waals surface area contributed by atoms with Crippen molar-refractivity contribution in [2.75, 3.05) is 13.7 Å². The van der Waals surface area contributed by atoms with Gasteiger partial charge in [0, 0.05) is 7.11 Å². The van der Waals surface area contributed by atoms with Gasteiger partial charge < -0.3 is 4.74 Å². The lowest BCUT2D eigenvalue weighted by Gasteiger charge is -2.30. The fourth-order valence-electron chi connectivity index (χ4n) is 2.03. The molecule has 0 saturated heterocycles. The van der Waals surface area contributed by atoms with Crippen LogP contribution in [0.3, 0.4) is 0 Å². The number of methoxy groups -OCH3 is 1. The second-order valence-corrected chi connectivity index (χ2v) is 7.53. The number of nitrogens with one attached hydrogen (secondary N) is 1. The molecule has 0 radical (unpaired) electrons. The van der Waals surface area contributed by atoms with Crippen LogP contribution in [0.2, 0.25) is 0 Å². The third-order valence-electron chi connectivity index (χ3n) is 2.96. The van der Waals surface area contributed by atoms with Crippen molar-refractivity contribution in [1.29, 1.82) is 0 Å². The summed E-state index contributed by atoms with van der Waals surface area (Å²) in [5, 5.41) is 1.74. The van der Waals surface area contributed by atoms with E-state index in [1.807, 2.05) is 37.3 Å². The number of benzene rings is 1. The molecule has 0 bridgehead atoms. The zero-order chi connectivity index (χ0) is 14.6. The van der Waals surface area contributed by atoms with E-state index in [9.17, 15) is 8.42 Å². The first-order valence-corrected chi connectivity index (χ1v) is 8.46. The van der Waals surface area contributed by atoms with Crippen molar-refractivity contribution in [3.63, 3.8) is 0 Å². The highest BCUT2D eigenvalue weighted by atomic mass is 32.2. The van der Waals surface area contributed by atoms with Gasteiger partial charge in [0.15, 0.2) is 0 Å². The fourth-order valence-corrected chi connectivity index (χ4v) is 4.40. The molecule has 0 unspecified atom stereocenters. The van der Waals surface area contributed by atoms with E-state index in [1.165, 1.54) is 11.3 Å². The van der Waals surface area contributed by atoms with Crippen LogP contribution in [0.5, 0.6) is 0 Å². The van der Waals surface area contributed by atoms with Crippen molar-refractivity contribution in [2.45, 2.75) is 16.7 Å². The molecule has 0 amide bonds. The Balaban J connectivity index is 2.35. The maximum atomic E-state index is 12.4. The molecule has 0 fully saturated rings. The standard InChI is InChI=1S/C14H17NO3S2/c1-14(11-18-2,12-7-4-3-5-8-12)15-20(16,17)13-9-6-10-19-13/h3-10,15H,11H2,1-2H3/t14-/m0/s1. The van der Waals surface area contributed by atoms with E-state index in [0.29, 0.717) is 4.21 Å². The fraction of sp³-hybridized carbons (Fsp3) is 0.286. The van der Waals surface area contributed by atoms with Crippen LogP contribution in [0.15, 0.2) is 52.1 Å². The molecule has 2 aromatic rings. The van der Waals surface area contributed by atoms with Gasteiger partial charge in [-0.05, 0) is 23.9 Å². The second kappa shape index (κ2) is 6.05.